The number of carbonyl (C=O) groups is 3. The topological polar surface area (TPSA) is 120 Å². The van der Waals surface area contributed by atoms with Gasteiger partial charge in [-0.15, -0.1) is 0 Å². The van der Waals surface area contributed by atoms with E-state index in [-0.39, 0.29) is 13.8 Å². The molecule has 0 aliphatic carbocycles. The lowest BCUT2D eigenvalue weighted by Gasteiger charge is -2.44. The molecule has 9 nitrogen and oxygen atoms in total. The molecule has 184 valence electrons. The molecule has 0 aromatic heterocycles. The first-order valence-electron chi connectivity index (χ1n) is 12.0. The van der Waals surface area contributed by atoms with Crippen molar-refractivity contribution in [2.75, 3.05) is 6.61 Å². The van der Waals surface area contributed by atoms with Gasteiger partial charge in [-0.1, -0.05) is 18.2 Å². The number of benzene rings is 1. The first kappa shape index (κ1) is 23.5. The minimum Gasteiger partial charge on any atom is -0.463 e. The Morgan fingerprint density at radius 1 is 1.09 bits per heavy atom. The number of aliphatic hydroxyl groups is 1. The van der Waals surface area contributed by atoms with E-state index in [1.54, 1.807) is 44.2 Å². The van der Waals surface area contributed by atoms with E-state index in [1.807, 2.05) is 0 Å². The van der Waals surface area contributed by atoms with Gasteiger partial charge in [0.1, 0.15) is 30.6 Å². The molecule has 0 radical (unpaired) electrons. The number of carbonyl (C=O) groups excluding carboxylic acids is 3. The van der Waals surface area contributed by atoms with E-state index >= 15 is 0 Å². The molecule has 1 aromatic carbocycles. The summed E-state index contributed by atoms with van der Waals surface area (Å²) in [7, 11) is 0. The number of hydrogen-bond acceptors (Lipinski definition) is 8. The molecule has 2 N–H and O–H groups in total. The average Bonchev–Trinajstić information content (AvgIpc) is 2.82. The number of para-hydroxylation sites is 1. The third-order valence-electron chi connectivity index (χ3n) is 4.77. The zero-order valence-electron chi connectivity index (χ0n) is 21.7. The predicted octanol–water partition coefficient (Wildman–Crippen LogP) is 2.20. The number of nitrogens with one attached hydrogen (secondary N) is 1. The molecule has 0 spiro atoms. The SMILES string of the molecule is [2H]CC(C)(C)C(=O)OC[C@H]1OC(Oc2ccccc2)[C@H](NC(C)=O)[C@@H](OC(=O)C(C)(C)C[2H])[C@@H]1O. The van der Waals surface area contributed by atoms with Crippen LogP contribution in [0.3, 0.4) is 0 Å². The van der Waals surface area contributed by atoms with Gasteiger partial charge in [0, 0.05) is 9.67 Å². The maximum absolute atomic E-state index is 12.8. The zero-order valence-corrected chi connectivity index (χ0v) is 19.7. The lowest BCUT2D eigenvalue weighted by Crippen LogP contribution is -2.67. The Morgan fingerprint density at radius 2 is 1.70 bits per heavy atom. The molecule has 1 aromatic rings. The summed E-state index contributed by atoms with van der Waals surface area (Å²) in [5, 5.41) is 13.7. The summed E-state index contributed by atoms with van der Waals surface area (Å²) in [5.41, 5.74) is -2.24. The number of aliphatic hydroxyl groups excluding tert-OH is 1. The lowest BCUT2D eigenvalue weighted by atomic mass is 9.94. The second-order valence-corrected chi connectivity index (χ2v) is 9.43. The van der Waals surface area contributed by atoms with Gasteiger partial charge in [-0.05, 0) is 53.6 Å². The van der Waals surface area contributed by atoms with E-state index in [1.165, 1.54) is 20.8 Å². The smallest absolute Gasteiger partial charge is 0.311 e. The van der Waals surface area contributed by atoms with Crippen molar-refractivity contribution >= 4 is 17.8 Å². The third-order valence-corrected chi connectivity index (χ3v) is 4.77. The minimum atomic E-state index is -1.50. The van der Waals surface area contributed by atoms with Crippen molar-refractivity contribution < 1.29 is 41.2 Å². The molecule has 5 atom stereocenters. The van der Waals surface area contributed by atoms with Crippen LogP contribution in [-0.4, -0.2) is 60.2 Å². The van der Waals surface area contributed by atoms with E-state index < -0.39 is 65.9 Å². The standard InChI is InChI=1S/C24H35NO8/c1-14(26)25-17-19(33-22(29)24(5,6)7)18(27)16(13-30-21(28)23(2,3)4)32-20(17)31-15-11-9-8-10-12-15/h8-12,16-20,27H,13H2,1-7H3,(H,25,26)/t16-,17-,18-,19-,20?/m1/s1/i2D,5D. The van der Waals surface area contributed by atoms with Gasteiger partial charge in [0.25, 0.3) is 0 Å². The molecule has 33 heavy (non-hydrogen) atoms. The fourth-order valence-corrected chi connectivity index (χ4v) is 2.95. The van der Waals surface area contributed by atoms with Crippen LogP contribution in [-0.2, 0) is 28.6 Å². The van der Waals surface area contributed by atoms with Crippen LogP contribution in [0.25, 0.3) is 0 Å². The highest BCUT2D eigenvalue weighted by Crippen LogP contribution is 2.29. The molecular formula is C24H35NO8. The Balaban J connectivity index is 2.37. The van der Waals surface area contributed by atoms with Crippen LogP contribution < -0.4 is 10.1 Å². The molecule has 1 aliphatic heterocycles. The Hall–Kier alpha value is -2.65. The van der Waals surface area contributed by atoms with E-state index in [0.717, 1.165) is 0 Å². The summed E-state index contributed by atoms with van der Waals surface area (Å²) in [6.45, 7) is 6.57. The van der Waals surface area contributed by atoms with Crippen molar-refractivity contribution in [3.63, 3.8) is 0 Å². The molecule has 1 aliphatic rings. The molecule has 1 amide bonds. The molecule has 1 fully saturated rings. The summed E-state index contributed by atoms with van der Waals surface area (Å²) in [5.74, 6) is -1.49. The van der Waals surface area contributed by atoms with Crippen molar-refractivity contribution in [2.24, 2.45) is 10.8 Å². The van der Waals surface area contributed by atoms with Crippen LogP contribution in [0.2, 0.25) is 0 Å². The normalized spacial score (nSPS) is 26.4. The van der Waals surface area contributed by atoms with E-state index in [4.69, 9.17) is 21.7 Å². The van der Waals surface area contributed by atoms with Crippen molar-refractivity contribution in [1.29, 1.82) is 0 Å². The van der Waals surface area contributed by atoms with Gasteiger partial charge in [-0.3, -0.25) is 14.4 Å². The van der Waals surface area contributed by atoms with Crippen LogP contribution in [0.15, 0.2) is 30.3 Å². The highest BCUT2D eigenvalue weighted by molar-refractivity contribution is 5.76. The number of esters is 2. The zero-order chi connectivity index (χ0) is 26.4. The van der Waals surface area contributed by atoms with Crippen LogP contribution in [0.4, 0.5) is 0 Å². The molecule has 1 saturated heterocycles. The number of ether oxygens (including phenoxy) is 4. The summed E-state index contributed by atoms with van der Waals surface area (Å²) >= 11 is 0. The highest BCUT2D eigenvalue weighted by atomic mass is 16.7. The Kier molecular flexibility index (Phi) is 7.49. The van der Waals surface area contributed by atoms with Crippen molar-refractivity contribution in [1.82, 2.24) is 5.32 Å². The monoisotopic (exact) mass is 467 g/mol. The van der Waals surface area contributed by atoms with Gasteiger partial charge in [-0.2, -0.15) is 0 Å². The fraction of sp³-hybridized carbons (Fsp3) is 0.625. The van der Waals surface area contributed by atoms with Crippen molar-refractivity contribution in [3.05, 3.63) is 30.3 Å². The average molecular weight is 468 g/mol. The van der Waals surface area contributed by atoms with Gasteiger partial charge < -0.3 is 29.4 Å². The lowest BCUT2D eigenvalue weighted by molar-refractivity contribution is -0.254. The molecule has 0 saturated carbocycles. The number of hydrogen-bond donors (Lipinski definition) is 2. The molecule has 1 heterocycles. The van der Waals surface area contributed by atoms with Crippen LogP contribution in [0.1, 0.15) is 51.2 Å². The van der Waals surface area contributed by atoms with Gasteiger partial charge in [0.15, 0.2) is 6.10 Å². The van der Waals surface area contributed by atoms with Crippen LogP contribution >= 0.6 is 0 Å². The maximum Gasteiger partial charge on any atom is 0.311 e. The van der Waals surface area contributed by atoms with Gasteiger partial charge in [0.05, 0.1) is 10.8 Å². The largest absolute Gasteiger partial charge is 0.463 e. The first-order chi connectivity index (χ1) is 16.3. The van der Waals surface area contributed by atoms with Crippen molar-refractivity contribution in [2.45, 2.75) is 79.1 Å². The van der Waals surface area contributed by atoms with E-state index in [9.17, 15) is 19.5 Å². The molecule has 9 heteroatoms. The maximum atomic E-state index is 12.8. The van der Waals surface area contributed by atoms with Crippen LogP contribution in [0, 0.1) is 10.8 Å². The summed E-state index contributed by atoms with van der Waals surface area (Å²) in [6, 6.07) is 7.47. The van der Waals surface area contributed by atoms with E-state index in [0.29, 0.717) is 5.75 Å². The quantitative estimate of drug-likeness (QED) is 0.611. The minimum absolute atomic E-state index is 0.202. The summed E-state index contributed by atoms with van der Waals surface area (Å²) < 4.78 is 37.9. The van der Waals surface area contributed by atoms with Crippen LogP contribution in [0.5, 0.6) is 5.75 Å². The molecule has 2 rings (SSSR count). The number of rotatable bonds is 6. The molecule has 0 bridgehead atoms. The summed E-state index contributed by atoms with van der Waals surface area (Å²) in [4.78, 5) is 37.2. The van der Waals surface area contributed by atoms with Gasteiger partial charge in [-0.25, -0.2) is 0 Å². The molecule has 1 unspecified atom stereocenters. The van der Waals surface area contributed by atoms with Crippen molar-refractivity contribution in [3.8, 4) is 5.75 Å². The predicted molar refractivity (Wildman–Crippen MR) is 119 cm³/mol. The Morgan fingerprint density at radius 3 is 2.27 bits per heavy atom. The Bertz CT molecular complexity index is 880. The Labute approximate surface area is 197 Å². The molecular weight excluding hydrogens is 430 g/mol. The second-order valence-electron chi connectivity index (χ2n) is 9.43. The highest BCUT2D eigenvalue weighted by Gasteiger charge is 2.50. The first-order valence-corrected chi connectivity index (χ1v) is 10.6. The van der Waals surface area contributed by atoms with Gasteiger partial charge >= 0.3 is 11.9 Å². The van der Waals surface area contributed by atoms with E-state index in [2.05, 4.69) is 5.32 Å². The summed E-state index contributed by atoms with van der Waals surface area (Å²) in [6.07, 6.45) is -5.21. The fourth-order valence-electron chi connectivity index (χ4n) is 2.95. The number of amides is 1. The second kappa shape index (κ2) is 10.5. The third kappa shape index (κ3) is 7.43. The van der Waals surface area contributed by atoms with Gasteiger partial charge in [0.2, 0.25) is 12.2 Å².